The highest BCUT2D eigenvalue weighted by Gasteiger charge is 2.48. The van der Waals surface area contributed by atoms with Crippen LogP contribution in [0.15, 0.2) is 0 Å². The van der Waals surface area contributed by atoms with Crippen molar-refractivity contribution < 1.29 is 0 Å². The minimum absolute atomic E-state index is 0.285. The Kier molecular flexibility index (Phi) is 4.41. The van der Waals surface area contributed by atoms with Gasteiger partial charge in [0.1, 0.15) is 0 Å². The zero-order valence-corrected chi connectivity index (χ0v) is 14.2. The van der Waals surface area contributed by atoms with Crippen LogP contribution in [0.25, 0.3) is 0 Å². The van der Waals surface area contributed by atoms with Crippen LogP contribution >= 0.6 is 11.8 Å². The Balaban J connectivity index is 1.83. The van der Waals surface area contributed by atoms with Crippen molar-refractivity contribution in [3.63, 3.8) is 0 Å². The fourth-order valence-electron chi connectivity index (χ4n) is 5.16. The molecule has 0 aromatic heterocycles. The van der Waals surface area contributed by atoms with Crippen molar-refractivity contribution in [2.75, 3.05) is 24.6 Å². The number of fused-ring (bicyclic) bond motifs is 1. The Bertz CT molecular complexity index is 342. The standard InChI is InChI=1S/C17H32N2S/c1-16(2)10-17(11-18,13-20-12-16)19-9-5-7-14-6-3-4-8-15(14)19/h14-15H,3-13,18H2,1-2H3. The van der Waals surface area contributed by atoms with Crippen molar-refractivity contribution in [3.8, 4) is 0 Å². The van der Waals surface area contributed by atoms with Crippen molar-refractivity contribution in [2.45, 2.75) is 70.4 Å². The number of likely N-dealkylation sites (tertiary alicyclic amines) is 1. The largest absolute Gasteiger partial charge is 0.329 e. The molecule has 20 heavy (non-hydrogen) atoms. The summed E-state index contributed by atoms with van der Waals surface area (Å²) in [4.78, 5) is 2.90. The number of nitrogens with two attached hydrogens (primary N) is 1. The molecule has 2 nitrogen and oxygen atoms in total. The molecule has 3 atom stereocenters. The third-order valence-electron chi connectivity index (χ3n) is 5.90. The molecule has 2 aliphatic heterocycles. The second kappa shape index (κ2) is 5.81. The lowest BCUT2D eigenvalue weighted by Crippen LogP contribution is -2.65. The first-order chi connectivity index (χ1) is 9.56. The molecule has 3 heteroatoms. The quantitative estimate of drug-likeness (QED) is 0.845. The summed E-state index contributed by atoms with van der Waals surface area (Å²) in [5, 5.41) is 0. The van der Waals surface area contributed by atoms with E-state index in [1.807, 2.05) is 0 Å². The fraction of sp³-hybridized carbons (Fsp3) is 1.00. The van der Waals surface area contributed by atoms with Gasteiger partial charge in [-0.05, 0) is 55.7 Å². The SMILES string of the molecule is CC1(C)CSCC(CN)(N2CCCC3CCCCC32)C1. The Morgan fingerprint density at radius 3 is 2.60 bits per heavy atom. The highest BCUT2D eigenvalue weighted by Crippen LogP contribution is 2.46. The summed E-state index contributed by atoms with van der Waals surface area (Å²) in [6.07, 6.45) is 9.97. The summed E-state index contributed by atoms with van der Waals surface area (Å²) in [5.41, 5.74) is 7.09. The molecule has 0 aromatic carbocycles. The van der Waals surface area contributed by atoms with Crippen molar-refractivity contribution in [1.29, 1.82) is 0 Å². The van der Waals surface area contributed by atoms with Gasteiger partial charge in [-0.1, -0.05) is 26.7 Å². The molecule has 3 unspecified atom stereocenters. The van der Waals surface area contributed by atoms with Crippen LogP contribution in [0, 0.1) is 11.3 Å². The van der Waals surface area contributed by atoms with Gasteiger partial charge in [0.05, 0.1) is 0 Å². The highest BCUT2D eigenvalue weighted by atomic mass is 32.2. The maximum absolute atomic E-state index is 6.36. The average Bonchev–Trinajstić information content (AvgIpc) is 2.45. The molecule has 3 rings (SSSR count). The Hall–Kier alpha value is 0.270. The maximum Gasteiger partial charge on any atom is 0.0430 e. The van der Waals surface area contributed by atoms with Crippen molar-refractivity contribution >= 4 is 11.8 Å². The van der Waals surface area contributed by atoms with Gasteiger partial charge < -0.3 is 5.73 Å². The molecule has 2 N–H and O–H groups in total. The van der Waals surface area contributed by atoms with E-state index in [0.717, 1.165) is 18.5 Å². The normalized spacial score (nSPS) is 42.1. The number of rotatable bonds is 2. The monoisotopic (exact) mass is 296 g/mol. The van der Waals surface area contributed by atoms with E-state index in [1.54, 1.807) is 0 Å². The first-order valence-corrected chi connectivity index (χ1v) is 9.76. The molecule has 116 valence electrons. The highest BCUT2D eigenvalue weighted by molar-refractivity contribution is 7.99. The van der Waals surface area contributed by atoms with E-state index < -0.39 is 0 Å². The molecule has 0 spiro atoms. The van der Waals surface area contributed by atoms with E-state index in [0.29, 0.717) is 5.41 Å². The fourth-order valence-corrected chi connectivity index (χ4v) is 6.68. The lowest BCUT2D eigenvalue weighted by Gasteiger charge is -2.57. The molecular formula is C17H32N2S. The minimum atomic E-state index is 0.285. The molecular weight excluding hydrogens is 264 g/mol. The predicted octanol–water partition coefficient (Wildman–Crippen LogP) is 3.50. The van der Waals surface area contributed by atoms with Crippen LogP contribution in [-0.4, -0.2) is 41.1 Å². The van der Waals surface area contributed by atoms with Gasteiger partial charge >= 0.3 is 0 Å². The maximum atomic E-state index is 6.36. The first kappa shape index (κ1) is 15.2. The summed E-state index contributed by atoms with van der Waals surface area (Å²) in [7, 11) is 0. The third kappa shape index (κ3) is 2.78. The van der Waals surface area contributed by atoms with Crippen molar-refractivity contribution in [1.82, 2.24) is 4.90 Å². The van der Waals surface area contributed by atoms with Crippen LogP contribution in [-0.2, 0) is 0 Å². The van der Waals surface area contributed by atoms with Crippen LogP contribution in [0.5, 0.6) is 0 Å². The van der Waals surface area contributed by atoms with Crippen LogP contribution in [0.3, 0.4) is 0 Å². The molecule has 3 aliphatic rings. The van der Waals surface area contributed by atoms with Gasteiger partial charge in [-0.25, -0.2) is 0 Å². The third-order valence-corrected chi connectivity index (χ3v) is 7.63. The van der Waals surface area contributed by atoms with Gasteiger partial charge in [-0.15, -0.1) is 0 Å². The lowest BCUT2D eigenvalue weighted by atomic mass is 9.72. The lowest BCUT2D eigenvalue weighted by molar-refractivity contribution is -0.0336. The van der Waals surface area contributed by atoms with Gasteiger partial charge in [-0.3, -0.25) is 4.90 Å². The molecule has 1 saturated carbocycles. The Morgan fingerprint density at radius 2 is 1.85 bits per heavy atom. The van der Waals surface area contributed by atoms with Crippen LogP contribution in [0.1, 0.15) is 58.8 Å². The van der Waals surface area contributed by atoms with E-state index in [9.17, 15) is 0 Å². The molecule has 2 heterocycles. The number of nitrogens with zero attached hydrogens (tertiary/aromatic N) is 1. The number of hydrogen-bond donors (Lipinski definition) is 1. The zero-order chi connectivity index (χ0) is 14.2. The molecule has 2 saturated heterocycles. The summed E-state index contributed by atoms with van der Waals surface area (Å²) >= 11 is 2.14. The number of piperidine rings is 1. The van der Waals surface area contributed by atoms with Gasteiger partial charge in [0.25, 0.3) is 0 Å². The minimum Gasteiger partial charge on any atom is -0.329 e. The average molecular weight is 297 g/mol. The second-order valence-electron chi connectivity index (χ2n) is 8.21. The predicted molar refractivity (Wildman–Crippen MR) is 89.2 cm³/mol. The van der Waals surface area contributed by atoms with E-state index in [2.05, 4.69) is 30.5 Å². The second-order valence-corrected chi connectivity index (χ2v) is 9.20. The van der Waals surface area contributed by atoms with Crippen LogP contribution < -0.4 is 5.73 Å². The van der Waals surface area contributed by atoms with Crippen molar-refractivity contribution in [2.24, 2.45) is 17.1 Å². The van der Waals surface area contributed by atoms with Crippen LogP contribution in [0.4, 0.5) is 0 Å². The summed E-state index contributed by atoms with van der Waals surface area (Å²) < 4.78 is 0. The molecule has 3 fully saturated rings. The zero-order valence-electron chi connectivity index (χ0n) is 13.4. The van der Waals surface area contributed by atoms with Crippen LogP contribution in [0.2, 0.25) is 0 Å². The van der Waals surface area contributed by atoms with Crippen molar-refractivity contribution in [3.05, 3.63) is 0 Å². The smallest absolute Gasteiger partial charge is 0.0430 e. The summed E-state index contributed by atoms with van der Waals surface area (Å²) in [5.74, 6) is 3.53. The van der Waals surface area contributed by atoms with E-state index in [-0.39, 0.29) is 5.54 Å². The van der Waals surface area contributed by atoms with Gasteiger partial charge in [0.2, 0.25) is 0 Å². The first-order valence-electron chi connectivity index (χ1n) is 8.61. The topological polar surface area (TPSA) is 29.3 Å². The summed E-state index contributed by atoms with van der Waals surface area (Å²) in [6, 6.07) is 0.843. The molecule has 0 aromatic rings. The molecule has 0 amide bonds. The Labute approximate surface area is 129 Å². The van der Waals surface area contributed by atoms with Gasteiger partial charge in [-0.2, -0.15) is 11.8 Å². The molecule has 0 bridgehead atoms. The number of thioether (sulfide) groups is 1. The molecule has 0 radical (unpaired) electrons. The molecule has 1 aliphatic carbocycles. The Morgan fingerprint density at radius 1 is 1.10 bits per heavy atom. The summed E-state index contributed by atoms with van der Waals surface area (Å²) in [6.45, 7) is 7.03. The van der Waals surface area contributed by atoms with E-state index in [4.69, 9.17) is 5.73 Å². The number of hydrogen-bond acceptors (Lipinski definition) is 3. The van der Waals surface area contributed by atoms with E-state index in [1.165, 1.54) is 63.0 Å². The van der Waals surface area contributed by atoms with Gasteiger partial charge in [0.15, 0.2) is 0 Å². The van der Waals surface area contributed by atoms with Gasteiger partial charge in [0, 0.05) is 23.9 Å². The van der Waals surface area contributed by atoms with E-state index >= 15 is 0 Å².